The number of nitrogens with zero attached hydrogens (tertiary/aromatic N) is 3. The Hall–Kier alpha value is -3.33. The first-order valence-electron chi connectivity index (χ1n) is 12.6. The van der Waals surface area contributed by atoms with Gasteiger partial charge in [-0.2, -0.15) is 9.65 Å². The number of benzene rings is 1. The fraction of sp³-hybridized carbons (Fsp3) is 0.444. The second-order valence-electron chi connectivity index (χ2n) is 8.89. The highest BCUT2D eigenvalue weighted by Crippen LogP contribution is 2.22. The Bertz CT molecular complexity index is 1230. The average Bonchev–Trinajstić information content (AvgIpc) is 2.90. The van der Waals surface area contributed by atoms with Gasteiger partial charge in [-0.1, -0.05) is 31.5 Å². The molecule has 204 valence electrons. The van der Waals surface area contributed by atoms with Crippen molar-refractivity contribution in [2.45, 2.75) is 25.8 Å². The fourth-order valence-electron chi connectivity index (χ4n) is 3.93. The minimum Gasteiger partial charge on any atom is -0.491 e. The van der Waals surface area contributed by atoms with E-state index in [4.69, 9.17) is 9.47 Å². The summed E-state index contributed by atoms with van der Waals surface area (Å²) in [6, 6.07) is 13.1. The molecule has 1 fully saturated rings. The number of nitrogens with one attached hydrogen (secondary N) is 1. The Morgan fingerprint density at radius 2 is 1.92 bits per heavy atom. The normalized spacial score (nSPS) is 16.4. The third kappa shape index (κ3) is 9.52. The number of halogens is 1. The Morgan fingerprint density at radius 3 is 2.58 bits per heavy atom. The van der Waals surface area contributed by atoms with Crippen LogP contribution in [0.1, 0.15) is 37.1 Å². The summed E-state index contributed by atoms with van der Waals surface area (Å²) in [4.78, 5) is 18.5. The van der Waals surface area contributed by atoms with Crippen molar-refractivity contribution in [1.29, 1.82) is 5.26 Å². The lowest BCUT2D eigenvalue weighted by molar-refractivity contribution is -0.117. The largest absolute Gasteiger partial charge is 0.491 e. The molecule has 2 aromatic rings. The Morgan fingerprint density at radius 1 is 1.18 bits per heavy atom. The number of amides is 1. The van der Waals surface area contributed by atoms with Crippen LogP contribution < -0.4 is 10.1 Å². The summed E-state index contributed by atoms with van der Waals surface area (Å²) in [6.07, 6.45) is 2.74. The van der Waals surface area contributed by atoms with Crippen LogP contribution in [0.15, 0.2) is 48.0 Å². The molecule has 38 heavy (non-hydrogen) atoms. The van der Waals surface area contributed by atoms with Gasteiger partial charge in [0.2, 0.25) is 5.95 Å². The van der Waals surface area contributed by atoms with Crippen molar-refractivity contribution in [2.24, 2.45) is 0 Å². The van der Waals surface area contributed by atoms with E-state index in [1.807, 2.05) is 37.3 Å². The number of hydrogen-bond acceptors (Lipinski definition) is 8. The molecule has 0 bridgehead atoms. The summed E-state index contributed by atoms with van der Waals surface area (Å²) in [5.74, 6) is -0.170. The lowest BCUT2D eigenvalue weighted by atomic mass is 10.0. The van der Waals surface area contributed by atoms with Gasteiger partial charge >= 0.3 is 0 Å². The quantitative estimate of drug-likeness (QED) is 0.177. The van der Waals surface area contributed by atoms with Crippen LogP contribution in [0.25, 0.3) is 6.08 Å². The van der Waals surface area contributed by atoms with Crippen LogP contribution in [0.3, 0.4) is 0 Å². The predicted octanol–water partition coefficient (Wildman–Crippen LogP) is 2.91. The zero-order valence-electron chi connectivity index (χ0n) is 21.4. The maximum absolute atomic E-state index is 13.4. The van der Waals surface area contributed by atoms with Crippen LogP contribution in [-0.4, -0.2) is 75.2 Å². The van der Waals surface area contributed by atoms with Gasteiger partial charge < -0.3 is 14.8 Å². The molecule has 1 aliphatic heterocycles. The third-order valence-corrected chi connectivity index (χ3v) is 7.65. The number of ether oxygens (including phenoxy) is 2. The maximum Gasteiger partial charge on any atom is 0.262 e. The first-order chi connectivity index (χ1) is 18.3. The zero-order valence-corrected chi connectivity index (χ0v) is 22.3. The van der Waals surface area contributed by atoms with E-state index in [0.717, 1.165) is 12.0 Å². The van der Waals surface area contributed by atoms with Gasteiger partial charge in [-0.15, -0.1) is 0 Å². The van der Waals surface area contributed by atoms with Crippen LogP contribution in [0.2, 0.25) is 0 Å². The summed E-state index contributed by atoms with van der Waals surface area (Å²) in [5, 5.41) is 12.3. The van der Waals surface area contributed by atoms with Gasteiger partial charge in [0.15, 0.2) is 9.84 Å². The second kappa shape index (κ2) is 14.6. The standard InChI is InChI=1S/C27H33FN4O5S/c1-2-4-25(31-27(33)22(20-29)19-23-5-3-6-26(28)30-23)21-7-9-24(10-8-21)37-16-15-36-14-11-32-12-17-38(34,35)18-13-32/h3,5-10,19,25H,2,4,11-18H2,1H3,(H,31,33)/b22-19+. The maximum atomic E-state index is 13.4. The number of nitriles is 1. The third-order valence-electron chi connectivity index (χ3n) is 6.04. The molecule has 1 aromatic carbocycles. The Balaban J connectivity index is 1.45. The number of aromatic nitrogens is 1. The first-order valence-corrected chi connectivity index (χ1v) is 14.4. The van der Waals surface area contributed by atoms with E-state index in [1.165, 1.54) is 24.3 Å². The Labute approximate surface area is 223 Å². The predicted molar refractivity (Wildman–Crippen MR) is 141 cm³/mol. The molecule has 0 aliphatic carbocycles. The minimum absolute atomic E-state index is 0.158. The van der Waals surface area contributed by atoms with Gasteiger partial charge in [-0.25, -0.2) is 13.4 Å². The molecule has 1 atom stereocenters. The summed E-state index contributed by atoms with van der Waals surface area (Å²) in [5.41, 5.74) is 0.902. The molecule has 1 amide bonds. The van der Waals surface area contributed by atoms with Gasteiger partial charge in [0.25, 0.3) is 5.91 Å². The first kappa shape index (κ1) is 29.2. The fourth-order valence-corrected chi connectivity index (χ4v) is 5.21. The number of pyridine rings is 1. The molecule has 9 nitrogen and oxygen atoms in total. The molecule has 1 N–H and O–H groups in total. The van der Waals surface area contributed by atoms with Crippen molar-refractivity contribution < 1.29 is 27.1 Å². The van der Waals surface area contributed by atoms with E-state index in [-0.39, 0.29) is 28.8 Å². The highest BCUT2D eigenvalue weighted by Gasteiger charge is 2.21. The molecule has 3 rings (SSSR count). The summed E-state index contributed by atoms with van der Waals surface area (Å²) in [7, 11) is -2.87. The molecule has 1 saturated heterocycles. The number of hydrogen-bond donors (Lipinski definition) is 1. The van der Waals surface area contributed by atoms with Crippen LogP contribution in [-0.2, 0) is 19.4 Å². The molecule has 0 spiro atoms. The Kier molecular flexibility index (Phi) is 11.2. The molecule has 0 saturated carbocycles. The number of sulfone groups is 1. The van der Waals surface area contributed by atoms with Crippen LogP contribution in [0, 0.1) is 17.3 Å². The number of carbonyl (C=O) groups excluding carboxylic acids is 1. The van der Waals surface area contributed by atoms with Gasteiger partial charge in [-0.3, -0.25) is 9.69 Å². The second-order valence-corrected chi connectivity index (χ2v) is 11.2. The van der Waals surface area contributed by atoms with Gasteiger partial charge in [0.05, 0.1) is 36.5 Å². The molecular formula is C27H33FN4O5S. The summed E-state index contributed by atoms with van der Waals surface area (Å²) in [6.45, 7) is 5.07. The van der Waals surface area contributed by atoms with Crippen molar-refractivity contribution in [3.05, 3.63) is 65.2 Å². The highest BCUT2D eigenvalue weighted by atomic mass is 32.2. The van der Waals surface area contributed by atoms with E-state index < -0.39 is 21.7 Å². The highest BCUT2D eigenvalue weighted by molar-refractivity contribution is 7.91. The van der Waals surface area contributed by atoms with E-state index in [9.17, 15) is 22.9 Å². The number of rotatable bonds is 13. The van der Waals surface area contributed by atoms with Crippen molar-refractivity contribution >= 4 is 21.8 Å². The van der Waals surface area contributed by atoms with Crippen LogP contribution in [0.4, 0.5) is 4.39 Å². The monoisotopic (exact) mass is 544 g/mol. The van der Waals surface area contributed by atoms with E-state index in [0.29, 0.717) is 51.6 Å². The topological polar surface area (TPSA) is 122 Å². The molecular weight excluding hydrogens is 511 g/mol. The zero-order chi connectivity index (χ0) is 27.4. The minimum atomic E-state index is -2.87. The molecule has 1 unspecified atom stereocenters. The lowest BCUT2D eigenvalue weighted by Crippen LogP contribution is -2.41. The average molecular weight is 545 g/mol. The summed E-state index contributed by atoms with van der Waals surface area (Å²) >= 11 is 0. The molecule has 11 heteroatoms. The lowest BCUT2D eigenvalue weighted by Gasteiger charge is -2.26. The SMILES string of the molecule is CCCC(NC(=O)/C(C#N)=C/c1cccc(F)n1)c1ccc(OCCOCCN2CCS(=O)(=O)CC2)cc1. The van der Waals surface area contributed by atoms with Gasteiger partial charge in [0.1, 0.15) is 24.0 Å². The van der Waals surface area contributed by atoms with Crippen molar-refractivity contribution in [3.8, 4) is 11.8 Å². The van der Waals surface area contributed by atoms with Gasteiger partial charge in [0, 0.05) is 19.6 Å². The molecule has 2 heterocycles. The van der Waals surface area contributed by atoms with Crippen LogP contribution in [0.5, 0.6) is 5.75 Å². The summed E-state index contributed by atoms with van der Waals surface area (Å²) < 4.78 is 47.6. The van der Waals surface area contributed by atoms with Crippen molar-refractivity contribution in [1.82, 2.24) is 15.2 Å². The van der Waals surface area contributed by atoms with E-state index >= 15 is 0 Å². The van der Waals surface area contributed by atoms with Crippen molar-refractivity contribution in [3.63, 3.8) is 0 Å². The van der Waals surface area contributed by atoms with E-state index in [2.05, 4.69) is 15.2 Å². The molecule has 0 radical (unpaired) electrons. The smallest absolute Gasteiger partial charge is 0.262 e. The van der Waals surface area contributed by atoms with Gasteiger partial charge in [-0.05, 0) is 42.3 Å². The molecule has 1 aromatic heterocycles. The van der Waals surface area contributed by atoms with E-state index in [1.54, 1.807) is 0 Å². The molecule has 1 aliphatic rings. The number of carbonyl (C=O) groups is 1. The van der Waals surface area contributed by atoms with Crippen LogP contribution >= 0.6 is 0 Å². The van der Waals surface area contributed by atoms with Crippen molar-refractivity contribution in [2.75, 3.05) is 51.0 Å².